The van der Waals surface area contributed by atoms with Crippen LogP contribution in [-0.2, 0) is 0 Å². The molecule has 0 aromatic heterocycles. The van der Waals surface area contributed by atoms with Crippen molar-refractivity contribution in [2.45, 2.75) is 19.4 Å². The van der Waals surface area contributed by atoms with Crippen LogP contribution in [0.1, 0.15) is 34.0 Å². The van der Waals surface area contributed by atoms with Crippen LogP contribution in [0.25, 0.3) is 0 Å². The first-order chi connectivity index (χ1) is 10.1. The molecule has 4 heteroatoms. The van der Waals surface area contributed by atoms with Gasteiger partial charge in [-0.05, 0) is 30.7 Å². The highest BCUT2D eigenvalue weighted by Gasteiger charge is 2.30. The van der Waals surface area contributed by atoms with Gasteiger partial charge in [0.05, 0.1) is 24.8 Å². The summed E-state index contributed by atoms with van der Waals surface area (Å²) in [4.78, 5) is 12.4. The number of ether oxygens (including phenoxy) is 2. The normalized spacial score (nSPS) is 17.0. The Balaban J connectivity index is 2.04. The molecule has 1 aliphatic rings. The summed E-state index contributed by atoms with van der Waals surface area (Å²) in [5, 5.41) is 0. The number of nitrogens with two attached hydrogens (primary N) is 1. The fourth-order valence-corrected chi connectivity index (χ4v) is 2.71. The van der Waals surface area contributed by atoms with Crippen LogP contribution in [0, 0.1) is 6.92 Å². The van der Waals surface area contributed by atoms with Gasteiger partial charge in [-0.3, -0.25) is 4.79 Å². The third-order valence-electron chi connectivity index (χ3n) is 3.68. The Bertz CT molecular complexity index is 709. The predicted molar refractivity (Wildman–Crippen MR) is 80.9 cm³/mol. The second kappa shape index (κ2) is 5.13. The van der Waals surface area contributed by atoms with Gasteiger partial charge < -0.3 is 15.2 Å². The van der Waals surface area contributed by atoms with Crippen molar-refractivity contribution < 1.29 is 14.3 Å². The lowest BCUT2D eigenvalue weighted by atomic mass is 9.94. The average Bonchev–Trinajstić information content (AvgIpc) is 2.48. The number of ketones is 1. The SMILES string of the molecule is COc1ccccc1C1CC(=O)c2cc(C)cc(N)c2O1. The van der Waals surface area contributed by atoms with Crippen LogP contribution in [-0.4, -0.2) is 12.9 Å². The molecule has 21 heavy (non-hydrogen) atoms. The van der Waals surface area contributed by atoms with Gasteiger partial charge in [0, 0.05) is 5.56 Å². The van der Waals surface area contributed by atoms with Gasteiger partial charge in [0.25, 0.3) is 0 Å². The number of carbonyl (C=O) groups is 1. The summed E-state index contributed by atoms with van der Waals surface area (Å²) in [6.07, 6.45) is -0.0813. The predicted octanol–water partition coefficient (Wildman–Crippen LogP) is 3.29. The smallest absolute Gasteiger partial charge is 0.170 e. The van der Waals surface area contributed by atoms with E-state index in [9.17, 15) is 4.79 Å². The van der Waals surface area contributed by atoms with E-state index in [4.69, 9.17) is 15.2 Å². The van der Waals surface area contributed by atoms with E-state index >= 15 is 0 Å². The summed E-state index contributed by atoms with van der Waals surface area (Å²) in [6, 6.07) is 11.2. The molecule has 2 N–H and O–H groups in total. The van der Waals surface area contributed by atoms with Gasteiger partial charge in [-0.15, -0.1) is 0 Å². The summed E-state index contributed by atoms with van der Waals surface area (Å²) < 4.78 is 11.3. The molecule has 0 aliphatic carbocycles. The molecule has 1 aliphatic heterocycles. The molecule has 108 valence electrons. The van der Waals surface area contributed by atoms with E-state index in [1.807, 2.05) is 43.3 Å². The van der Waals surface area contributed by atoms with Crippen molar-refractivity contribution in [3.8, 4) is 11.5 Å². The molecule has 3 rings (SSSR count). The second-order valence-electron chi connectivity index (χ2n) is 5.21. The fourth-order valence-electron chi connectivity index (χ4n) is 2.71. The molecule has 0 spiro atoms. The molecule has 0 saturated carbocycles. The van der Waals surface area contributed by atoms with Crippen molar-refractivity contribution in [3.05, 3.63) is 53.1 Å². The highest BCUT2D eigenvalue weighted by atomic mass is 16.5. The van der Waals surface area contributed by atoms with Gasteiger partial charge in [-0.25, -0.2) is 0 Å². The topological polar surface area (TPSA) is 61.5 Å². The van der Waals surface area contributed by atoms with Gasteiger partial charge >= 0.3 is 0 Å². The number of hydrogen-bond acceptors (Lipinski definition) is 4. The Morgan fingerprint density at radius 1 is 1.29 bits per heavy atom. The molecule has 1 heterocycles. The summed E-state index contributed by atoms with van der Waals surface area (Å²) in [5.41, 5.74) is 8.89. The molecule has 0 amide bonds. The molecule has 0 radical (unpaired) electrons. The van der Waals surface area contributed by atoms with Crippen LogP contribution in [0.4, 0.5) is 5.69 Å². The minimum Gasteiger partial charge on any atom is -0.496 e. The van der Waals surface area contributed by atoms with Gasteiger partial charge in [0.15, 0.2) is 11.5 Å². The third kappa shape index (κ3) is 2.33. The number of para-hydroxylation sites is 1. The van der Waals surface area contributed by atoms with Crippen LogP contribution in [0.15, 0.2) is 36.4 Å². The molecular weight excluding hydrogens is 266 g/mol. The number of rotatable bonds is 2. The number of nitrogen functional groups attached to an aromatic ring is 1. The maximum atomic E-state index is 12.4. The third-order valence-corrected chi connectivity index (χ3v) is 3.68. The summed E-state index contributed by atoms with van der Waals surface area (Å²) >= 11 is 0. The van der Waals surface area contributed by atoms with Crippen molar-refractivity contribution in [2.75, 3.05) is 12.8 Å². The van der Waals surface area contributed by atoms with Crippen molar-refractivity contribution >= 4 is 11.5 Å². The number of benzene rings is 2. The molecule has 0 bridgehead atoms. The minimum atomic E-state index is -0.369. The first-order valence-electron chi connectivity index (χ1n) is 6.83. The number of Topliss-reactive ketones (excluding diaryl/α,β-unsaturated/α-hetero) is 1. The van der Waals surface area contributed by atoms with Gasteiger partial charge in [-0.1, -0.05) is 18.2 Å². The van der Waals surface area contributed by atoms with E-state index in [1.165, 1.54) is 0 Å². The Morgan fingerprint density at radius 2 is 2.05 bits per heavy atom. The molecule has 2 aromatic carbocycles. The van der Waals surface area contributed by atoms with E-state index in [0.717, 1.165) is 11.1 Å². The summed E-state index contributed by atoms with van der Waals surface area (Å²) in [6.45, 7) is 1.91. The lowest BCUT2D eigenvalue weighted by Crippen LogP contribution is -2.22. The number of carbonyl (C=O) groups excluding carboxylic acids is 1. The Morgan fingerprint density at radius 3 is 2.81 bits per heavy atom. The summed E-state index contributed by atoms with van der Waals surface area (Å²) in [7, 11) is 1.61. The van der Waals surface area contributed by atoms with E-state index in [-0.39, 0.29) is 18.3 Å². The highest BCUT2D eigenvalue weighted by molar-refractivity contribution is 6.02. The number of fused-ring (bicyclic) bond motifs is 1. The highest BCUT2D eigenvalue weighted by Crippen LogP contribution is 2.41. The molecular formula is C17H17NO3. The lowest BCUT2D eigenvalue weighted by molar-refractivity contribution is 0.0848. The van der Waals surface area contributed by atoms with Crippen LogP contribution in [0.3, 0.4) is 0 Å². The minimum absolute atomic E-state index is 0.0440. The molecule has 4 nitrogen and oxygen atoms in total. The molecule has 1 unspecified atom stereocenters. The first-order valence-corrected chi connectivity index (χ1v) is 6.83. The lowest BCUT2D eigenvalue weighted by Gasteiger charge is -2.27. The zero-order valence-electron chi connectivity index (χ0n) is 12.1. The second-order valence-corrected chi connectivity index (χ2v) is 5.21. The van der Waals surface area contributed by atoms with Crippen molar-refractivity contribution in [1.29, 1.82) is 0 Å². The van der Waals surface area contributed by atoms with Crippen LogP contribution in [0.2, 0.25) is 0 Å². The van der Waals surface area contributed by atoms with Crippen molar-refractivity contribution in [1.82, 2.24) is 0 Å². The number of hydrogen-bond donors (Lipinski definition) is 1. The number of aryl methyl sites for hydroxylation is 1. The Labute approximate surface area is 123 Å². The van der Waals surface area contributed by atoms with Crippen LogP contribution in [0.5, 0.6) is 11.5 Å². The Kier molecular flexibility index (Phi) is 3.29. The first kappa shape index (κ1) is 13.5. The maximum absolute atomic E-state index is 12.4. The number of methoxy groups -OCH3 is 1. The van der Waals surface area contributed by atoms with Crippen LogP contribution >= 0.6 is 0 Å². The fraction of sp³-hybridized carbons (Fsp3) is 0.235. The largest absolute Gasteiger partial charge is 0.496 e. The monoisotopic (exact) mass is 283 g/mol. The number of anilines is 1. The standard InChI is InChI=1S/C17H17NO3/c1-10-7-12-14(19)9-16(21-17(12)13(18)8-10)11-5-3-4-6-15(11)20-2/h3-8,16H,9,18H2,1-2H3. The van der Waals surface area contributed by atoms with Gasteiger partial charge in [0.2, 0.25) is 0 Å². The Hall–Kier alpha value is -2.49. The van der Waals surface area contributed by atoms with E-state index < -0.39 is 0 Å². The van der Waals surface area contributed by atoms with Crippen molar-refractivity contribution in [2.24, 2.45) is 0 Å². The van der Waals surface area contributed by atoms with Crippen LogP contribution < -0.4 is 15.2 Å². The van der Waals surface area contributed by atoms with Gasteiger partial charge in [-0.2, -0.15) is 0 Å². The maximum Gasteiger partial charge on any atom is 0.170 e. The molecule has 0 saturated heterocycles. The van der Waals surface area contributed by atoms with Gasteiger partial charge in [0.1, 0.15) is 11.9 Å². The zero-order valence-corrected chi connectivity index (χ0v) is 12.1. The average molecular weight is 283 g/mol. The zero-order chi connectivity index (χ0) is 15.0. The molecule has 0 fully saturated rings. The van der Waals surface area contributed by atoms with E-state index in [0.29, 0.717) is 22.7 Å². The van der Waals surface area contributed by atoms with Crippen molar-refractivity contribution in [3.63, 3.8) is 0 Å². The summed E-state index contributed by atoms with van der Waals surface area (Å²) in [5.74, 6) is 1.24. The molecule has 1 atom stereocenters. The van der Waals surface area contributed by atoms with E-state index in [1.54, 1.807) is 7.11 Å². The molecule has 2 aromatic rings. The quantitative estimate of drug-likeness (QED) is 0.859. The van der Waals surface area contributed by atoms with E-state index in [2.05, 4.69) is 0 Å².